The van der Waals surface area contributed by atoms with Crippen LogP contribution in [0.1, 0.15) is 10.4 Å². The van der Waals surface area contributed by atoms with Crippen LogP contribution in [0, 0.1) is 0 Å². The van der Waals surface area contributed by atoms with Crippen molar-refractivity contribution in [1.29, 1.82) is 0 Å². The van der Waals surface area contributed by atoms with Gasteiger partial charge >= 0.3 is 0 Å². The molecule has 0 atom stereocenters. The third-order valence-corrected chi connectivity index (χ3v) is 3.79. The third kappa shape index (κ3) is 4.54. The highest BCUT2D eigenvalue weighted by molar-refractivity contribution is 6.04. The van der Waals surface area contributed by atoms with Gasteiger partial charge in [0, 0.05) is 31.0 Å². The van der Waals surface area contributed by atoms with Gasteiger partial charge in [0.25, 0.3) is 5.91 Å². The third-order valence-electron chi connectivity index (χ3n) is 3.79. The number of rotatable bonds is 5. The summed E-state index contributed by atoms with van der Waals surface area (Å²) in [5, 5.41) is 11.3. The van der Waals surface area contributed by atoms with Crippen LogP contribution in [0.25, 0.3) is 0 Å². The summed E-state index contributed by atoms with van der Waals surface area (Å²) >= 11 is 0. The van der Waals surface area contributed by atoms with Gasteiger partial charge in [-0.05, 0) is 54.6 Å². The number of amides is 1. The van der Waals surface area contributed by atoms with Gasteiger partial charge in [0.05, 0.1) is 11.4 Å². The van der Waals surface area contributed by atoms with E-state index in [1.54, 1.807) is 6.07 Å². The van der Waals surface area contributed by atoms with E-state index in [1.165, 1.54) is 0 Å². The van der Waals surface area contributed by atoms with Gasteiger partial charge in [0.15, 0.2) is 0 Å². The Morgan fingerprint density at radius 1 is 0.808 bits per heavy atom. The van der Waals surface area contributed by atoms with E-state index in [0.29, 0.717) is 11.3 Å². The lowest BCUT2D eigenvalue weighted by Crippen LogP contribution is -2.14. The highest BCUT2D eigenvalue weighted by Crippen LogP contribution is 2.21. The second kappa shape index (κ2) is 8.07. The minimum absolute atomic E-state index is 0.146. The van der Waals surface area contributed by atoms with E-state index in [1.807, 2.05) is 91.8 Å². The number of benzene rings is 3. The molecule has 26 heavy (non-hydrogen) atoms. The monoisotopic (exact) mass is 344 g/mol. The molecule has 0 heterocycles. The first kappa shape index (κ1) is 17.4. The van der Waals surface area contributed by atoms with Crippen LogP contribution in [0.2, 0.25) is 0 Å². The summed E-state index contributed by atoms with van der Waals surface area (Å²) in [7, 11) is 3.89. The molecular formula is C21H20N4O. The minimum atomic E-state index is -0.146. The average molecular weight is 344 g/mol. The Morgan fingerprint density at radius 3 is 2.12 bits per heavy atom. The van der Waals surface area contributed by atoms with Crippen molar-refractivity contribution in [3.8, 4) is 0 Å². The molecule has 0 aromatic heterocycles. The fraction of sp³-hybridized carbons (Fsp3) is 0.0952. The zero-order valence-corrected chi connectivity index (χ0v) is 14.8. The highest BCUT2D eigenvalue weighted by atomic mass is 16.1. The van der Waals surface area contributed by atoms with E-state index in [-0.39, 0.29) is 5.91 Å². The summed E-state index contributed by atoms with van der Waals surface area (Å²) in [4.78, 5) is 14.4. The molecule has 0 aliphatic heterocycles. The molecular weight excluding hydrogens is 324 g/mol. The van der Waals surface area contributed by atoms with Gasteiger partial charge in [-0.3, -0.25) is 4.79 Å². The summed E-state index contributed by atoms with van der Waals surface area (Å²) in [5.41, 5.74) is 3.83. The van der Waals surface area contributed by atoms with E-state index in [2.05, 4.69) is 15.5 Å². The van der Waals surface area contributed by atoms with Crippen LogP contribution in [-0.2, 0) is 0 Å². The molecule has 0 aliphatic rings. The Kier molecular flexibility index (Phi) is 5.39. The maximum absolute atomic E-state index is 12.4. The van der Waals surface area contributed by atoms with Crippen LogP contribution in [-0.4, -0.2) is 20.0 Å². The number of carbonyl (C=O) groups is 1. The molecule has 3 aromatic rings. The van der Waals surface area contributed by atoms with Gasteiger partial charge in [-0.2, -0.15) is 10.2 Å². The fourth-order valence-electron chi connectivity index (χ4n) is 2.35. The van der Waals surface area contributed by atoms with Gasteiger partial charge in [-0.1, -0.05) is 24.3 Å². The second-order valence-electron chi connectivity index (χ2n) is 5.98. The predicted molar refractivity (Wildman–Crippen MR) is 106 cm³/mol. The summed E-state index contributed by atoms with van der Waals surface area (Å²) in [5.74, 6) is -0.146. The van der Waals surface area contributed by atoms with Gasteiger partial charge in [-0.25, -0.2) is 0 Å². The van der Waals surface area contributed by atoms with Crippen molar-refractivity contribution in [2.75, 3.05) is 24.3 Å². The zero-order valence-electron chi connectivity index (χ0n) is 14.8. The number of azo groups is 1. The molecule has 0 unspecified atom stereocenters. The molecule has 0 fully saturated rings. The van der Waals surface area contributed by atoms with E-state index in [4.69, 9.17) is 0 Å². The van der Waals surface area contributed by atoms with Gasteiger partial charge in [0.2, 0.25) is 0 Å². The lowest BCUT2D eigenvalue weighted by atomic mass is 10.1. The van der Waals surface area contributed by atoms with Crippen LogP contribution in [0.5, 0.6) is 0 Å². The molecule has 0 radical (unpaired) electrons. The van der Waals surface area contributed by atoms with Crippen molar-refractivity contribution < 1.29 is 4.79 Å². The van der Waals surface area contributed by atoms with Crippen molar-refractivity contribution in [3.63, 3.8) is 0 Å². The maximum atomic E-state index is 12.4. The largest absolute Gasteiger partial charge is 0.378 e. The minimum Gasteiger partial charge on any atom is -0.378 e. The smallest absolute Gasteiger partial charge is 0.255 e. The number of nitrogens with one attached hydrogen (secondary N) is 1. The van der Waals surface area contributed by atoms with E-state index in [0.717, 1.165) is 17.1 Å². The van der Waals surface area contributed by atoms with Crippen LogP contribution >= 0.6 is 0 Å². The van der Waals surface area contributed by atoms with Crippen LogP contribution in [0.4, 0.5) is 22.7 Å². The quantitative estimate of drug-likeness (QED) is 0.628. The molecule has 5 heteroatoms. The first-order valence-electron chi connectivity index (χ1n) is 8.27. The van der Waals surface area contributed by atoms with Crippen molar-refractivity contribution in [3.05, 3.63) is 84.4 Å². The Bertz CT molecular complexity index is 903. The predicted octanol–water partition coefficient (Wildman–Crippen LogP) is 5.42. The molecule has 0 saturated carbocycles. The summed E-state index contributed by atoms with van der Waals surface area (Å²) in [6.45, 7) is 0. The number of anilines is 2. The molecule has 0 bridgehead atoms. The second-order valence-corrected chi connectivity index (χ2v) is 5.98. The maximum Gasteiger partial charge on any atom is 0.255 e. The number of hydrogen-bond donors (Lipinski definition) is 1. The molecule has 3 rings (SSSR count). The van der Waals surface area contributed by atoms with Gasteiger partial charge in [0.1, 0.15) is 0 Å². The van der Waals surface area contributed by atoms with Gasteiger partial charge < -0.3 is 10.2 Å². The molecule has 0 spiro atoms. The normalized spacial score (nSPS) is 10.7. The fourth-order valence-corrected chi connectivity index (χ4v) is 2.35. The van der Waals surface area contributed by atoms with Crippen molar-refractivity contribution >= 4 is 28.7 Å². The molecule has 0 aliphatic carbocycles. The Morgan fingerprint density at radius 2 is 1.46 bits per heavy atom. The van der Waals surface area contributed by atoms with E-state index in [9.17, 15) is 4.79 Å². The molecule has 1 N–H and O–H groups in total. The first-order chi connectivity index (χ1) is 12.6. The molecule has 130 valence electrons. The standard InChI is InChI=1S/C21H20N4O/c1-25(2)20-10-6-7-16(15-20)21(26)22-17-11-13-19(14-12-17)24-23-18-8-4-3-5-9-18/h3-15H,1-2H3,(H,22,26). The Balaban J connectivity index is 1.66. The van der Waals surface area contributed by atoms with Crippen LogP contribution < -0.4 is 10.2 Å². The SMILES string of the molecule is CN(C)c1cccc(C(=O)Nc2ccc(N=Nc3ccccc3)cc2)c1. The van der Waals surface area contributed by atoms with Gasteiger partial charge in [-0.15, -0.1) is 0 Å². The first-order valence-corrected chi connectivity index (χ1v) is 8.27. The highest BCUT2D eigenvalue weighted by Gasteiger charge is 2.07. The summed E-state index contributed by atoms with van der Waals surface area (Å²) in [6, 6.07) is 24.3. The Labute approximate surface area is 153 Å². The van der Waals surface area contributed by atoms with Crippen LogP contribution in [0.15, 0.2) is 89.1 Å². The number of nitrogens with zero attached hydrogens (tertiary/aromatic N) is 3. The van der Waals surface area contributed by atoms with Crippen molar-refractivity contribution in [2.45, 2.75) is 0 Å². The molecule has 3 aromatic carbocycles. The summed E-state index contributed by atoms with van der Waals surface area (Å²) in [6.07, 6.45) is 0. The Hall–Kier alpha value is -3.47. The van der Waals surface area contributed by atoms with E-state index >= 15 is 0 Å². The number of hydrogen-bond acceptors (Lipinski definition) is 4. The topological polar surface area (TPSA) is 57.1 Å². The number of carbonyl (C=O) groups excluding carboxylic acids is 1. The molecule has 5 nitrogen and oxygen atoms in total. The molecule has 1 amide bonds. The lowest BCUT2D eigenvalue weighted by molar-refractivity contribution is 0.102. The lowest BCUT2D eigenvalue weighted by Gasteiger charge is -2.13. The van der Waals surface area contributed by atoms with Crippen LogP contribution in [0.3, 0.4) is 0 Å². The average Bonchev–Trinajstić information content (AvgIpc) is 2.68. The van der Waals surface area contributed by atoms with Crippen molar-refractivity contribution in [2.24, 2.45) is 10.2 Å². The zero-order chi connectivity index (χ0) is 18.4. The van der Waals surface area contributed by atoms with E-state index < -0.39 is 0 Å². The van der Waals surface area contributed by atoms with Crippen molar-refractivity contribution in [1.82, 2.24) is 0 Å². The summed E-state index contributed by atoms with van der Waals surface area (Å²) < 4.78 is 0. The molecule has 0 saturated heterocycles.